The number of anilines is 1. The molecule has 4 nitrogen and oxygen atoms in total. The molecule has 1 aliphatic rings. The van der Waals surface area contributed by atoms with Crippen molar-refractivity contribution in [1.82, 2.24) is 10.1 Å². The molecule has 2 aromatic rings. The highest BCUT2D eigenvalue weighted by Crippen LogP contribution is 2.43. The number of nitrogens with zero attached hydrogens (tertiary/aromatic N) is 2. The van der Waals surface area contributed by atoms with E-state index in [0.717, 1.165) is 17.9 Å². The Kier molecular flexibility index (Phi) is 4.40. The quantitative estimate of drug-likeness (QED) is 0.867. The van der Waals surface area contributed by atoms with Gasteiger partial charge in [-0.05, 0) is 18.6 Å². The summed E-state index contributed by atoms with van der Waals surface area (Å²) in [6.45, 7) is 2.16. The largest absolute Gasteiger partial charge is 0.398 e. The number of thioether (sulfide) groups is 2. The lowest BCUT2D eigenvalue weighted by Gasteiger charge is -2.27. The highest BCUT2D eigenvalue weighted by atomic mass is 32.2. The summed E-state index contributed by atoms with van der Waals surface area (Å²) < 4.78 is 19.2. The number of hydrogen-bond donors (Lipinski definition) is 1. The lowest BCUT2D eigenvalue weighted by Crippen LogP contribution is -2.19. The Balaban J connectivity index is 1.93. The Morgan fingerprint density at radius 3 is 2.95 bits per heavy atom. The van der Waals surface area contributed by atoms with Crippen LogP contribution in [0, 0.1) is 5.82 Å². The lowest BCUT2D eigenvalue weighted by molar-refractivity contribution is 0.419. The van der Waals surface area contributed by atoms with Gasteiger partial charge in [-0.25, -0.2) is 4.39 Å². The van der Waals surface area contributed by atoms with Crippen molar-refractivity contribution in [3.8, 4) is 11.5 Å². The molecule has 0 aliphatic carbocycles. The number of nitrogen functional groups attached to an aromatic ring is 1. The zero-order valence-electron chi connectivity index (χ0n) is 11.6. The highest BCUT2D eigenvalue weighted by Gasteiger charge is 2.31. The summed E-state index contributed by atoms with van der Waals surface area (Å²) in [6.07, 6.45) is 1.05. The molecule has 1 aromatic heterocycles. The van der Waals surface area contributed by atoms with Gasteiger partial charge in [-0.3, -0.25) is 0 Å². The van der Waals surface area contributed by atoms with Crippen LogP contribution in [-0.2, 0) is 0 Å². The molecule has 0 saturated carbocycles. The van der Waals surface area contributed by atoms with Crippen molar-refractivity contribution in [1.29, 1.82) is 0 Å². The van der Waals surface area contributed by atoms with Crippen LogP contribution in [0.5, 0.6) is 0 Å². The van der Waals surface area contributed by atoms with Gasteiger partial charge >= 0.3 is 0 Å². The van der Waals surface area contributed by atoms with Crippen LogP contribution < -0.4 is 5.73 Å². The molecule has 2 heterocycles. The summed E-state index contributed by atoms with van der Waals surface area (Å²) in [4.78, 5) is 4.39. The van der Waals surface area contributed by atoms with Crippen molar-refractivity contribution in [2.45, 2.75) is 23.8 Å². The number of aromatic nitrogens is 2. The van der Waals surface area contributed by atoms with Gasteiger partial charge in [0.05, 0.1) is 10.8 Å². The predicted molar refractivity (Wildman–Crippen MR) is 85.8 cm³/mol. The molecule has 3 rings (SSSR count). The van der Waals surface area contributed by atoms with Gasteiger partial charge in [0.15, 0.2) is 5.82 Å². The van der Waals surface area contributed by atoms with E-state index in [2.05, 4.69) is 17.1 Å². The SMILES string of the molecule is CCC1SCCSC1c1noc(-c2c(N)cccc2F)n1. The fourth-order valence-electron chi connectivity index (χ4n) is 2.36. The summed E-state index contributed by atoms with van der Waals surface area (Å²) in [5.41, 5.74) is 6.32. The maximum Gasteiger partial charge on any atom is 0.263 e. The van der Waals surface area contributed by atoms with Crippen molar-refractivity contribution in [2.24, 2.45) is 0 Å². The third-order valence-electron chi connectivity index (χ3n) is 3.41. The molecule has 0 spiro atoms. The zero-order chi connectivity index (χ0) is 14.8. The van der Waals surface area contributed by atoms with E-state index in [1.54, 1.807) is 12.1 Å². The second-order valence-electron chi connectivity index (χ2n) is 4.77. The predicted octanol–water partition coefficient (Wildman–Crippen LogP) is 3.76. The molecule has 1 aliphatic heterocycles. The van der Waals surface area contributed by atoms with Crippen molar-refractivity contribution < 1.29 is 8.91 Å². The summed E-state index contributed by atoms with van der Waals surface area (Å²) in [6, 6.07) is 4.53. The molecule has 2 atom stereocenters. The van der Waals surface area contributed by atoms with Gasteiger partial charge in [0, 0.05) is 22.4 Å². The minimum absolute atomic E-state index is 0.159. The van der Waals surface area contributed by atoms with Crippen molar-refractivity contribution in [3.63, 3.8) is 0 Å². The molecule has 2 unspecified atom stereocenters. The van der Waals surface area contributed by atoms with E-state index in [1.807, 2.05) is 23.5 Å². The van der Waals surface area contributed by atoms with E-state index in [9.17, 15) is 4.39 Å². The van der Waals surface area contributed by atoms with Crippen LogP contribution in [0.15, 0.2) is 22.7 Å². The topological polar surface area (TPSA) is 64.9 Å². The number of nitrogens with two attached hydrogens (primary N) is 1. The third kappa shape index (κ3) is 2.89. The molecule has 2 N–H and O–H groups in total. The van der Waals surface area contributed by atoms with Crippen LogP contribution >= 0.6 is 23.5 Å². The second kappa shape index (κ2) is 6.27. The Morgan fingerprint density at radius 1 is 1.38 bits per heavy atom. The summed E-state index contributed by atoms with van der Waals surface area (Å²) in [5.74, 6) is 2.56. The number of benzene rings is 1. The van der Waals surface area contributed by atoms with Crippen LogP contribution in [0.1, 0.15) is 24.4 Å². The smallest absolute Gasteiger partial charge is 0.263 e. The average molecular weight is 325 g/mol. The van der Waals surface area contributed by atoms with E-state index in [4.69, 9.17) is 10.3 Å². The second-order valence-corrected chi connectivity index (χ2v) is 7.37. The van der Waals surface area contributed by atoms with E-state index < -0.39 is 5.82 Å². The maximum absolute atomic E-state index is 13.9. The molecular weight excluding hydrogens is 309 g/mol. The molecule has 0 bridgehead atoms. The van der Waals surface area contributed by atoms with Crippen LogP contribution in [0.4, 0.5) is 10.1 Å². The summed E-state index contributed by atoms with van der Waals surface area (Å²) in [5, 5.41) is 4.71. The van der Waals surface area contributed by atoms with Gasteiger partial charge in [0.1, 0.15) is 5.82 Å². The Morgan fingerprint density at radius 2 is 2.19 bits per heavy atom. The number of rotatable bonds is 3. The molecule has 1 fully saturated rings. The van der Waals surface area contributed by atoms with Gasteiger partial charge in [0.25, 0.3) is 5.89 Å². The zero-order valence-corrected chi connectivity index (χ0v) is 13.2. The fourth-order valence-corrected chi connectivity index (χ4v) is 5.34. The number of halogens is 1. The van der Waals surface area contributed by atoms with Crippen molar-refractivity contribution in [3.05, 3.63) is 29.8 Å². The van der Waals surface area contributed by atoms with Crippen molar-refractivity contribution in [2.75, 3.05) is 17.2 Å². The van der Waals surface area contributed by atoms with Crippen LogP contribution in [0.2, 0.25) is 0 Å². The van der Waals surface area contributed by atoms with Crippen LogP contribution in [0.25, 0.3) is 11.5 Å². The lowest BCUT2D eigenvalue weighted by atomic mass is 10.1. The third-order valence-corrected chi connectivity index (χ3v) is 6.65. The number of hydrogen-bond acceptors (Lipinski definition) is 6. The van der Waals surface area contributed by atoms with Crippen molar-refractivity contribution >= 4 is 29.2 Å². The van der Waals surface area contributed by atoms with Gasteiger partial charge < -0.3 is 10.3 Å². The molecule has 21 heavy (non-hydrogen) atoms. The Hall–Kier alpha value is -1.21. The molecule has 1 saturated heterocycles. The summed E-state index contributed by atoms with van der Waals surface area (Å²) >= 11 is 3.77. The van der Waals surface area contributed by atoms with E-state index in [0.29, 0.717) is 16.8 Å². The van der Waals surface area contributed by atoms with Gasteiger partial charge in [-0.15, -0.1) is 11.8 Å². The van der Waals surface area contributed by atoms with E-state index in [-0.39, 0.29) is 16.7 Å². The first kappa shape index (κ1) is 14.7. The van der Waals surface area contributed by atoms with Crippen LogP contribution in [0.3, 0.4) is 0 Å². The first-order chi connectivity index (χ1) is 10.2. The maximum atomic E-state index is 13.9. The molecule has 0 amide bonds. The Labute approximate surface area is 131 Å². The monoisotopic (exact) mass is 325 g/mol. The fraction of sp³-hybridized carbons (Fsp3) is 0.429. The van der Waals surface area contributed by atoms with E-state index >= 15 is 0 Å². The first-order valence-electron chi connectivity index (χ1n) is 6.82. The summed E-state index contributed by atoms with van der Waals surface area (Å²) in [7, 11) is 0. The minimum Gasteiger partial charge on any atom is -0.398 e. The van der Waals surface area contributed by atoms with E-state index in [1.165, 1.54) is 6.07 Å². The Bertz CT molecular complexity index is 614. The normalized spacial score (nSPS) is 22.4. The molecule has 7 heteroatoms. The highest BCUT2D eigenvalue weighted by molar-refractivity contribution is 8.06. The molecule has 0 radical (unpaired) electrons. The van der Waals surface area contributed by atoms with Gasteiger partial charge in [-0.2, -0.15) is 16.7 Å². The average Bonchev–Trinajstić information content (AvgIpc) is 2.96. The first-order valence-corrected chi connectivity index (χ1v) is 8.91. The molecular formula is C14H16FN3OS2. The van der Waals surface area contributed by atoms with Crippen LogP contribution in [-0.4, -0.2) is 26.9 Å². The molecule has 1 aromatic carbocycles. The standard InChI is InChI=1S/C14H16FN3OS2/c1-2-10-12(21-7-6-20-10)13-17-14(19-18-13)11-8(15)4-3-5-9(11)16/h3-5,10,12H,2,6-7,16H2,1H3. The minimum atomic E-state index is -0.442. The van der Waals surface area contributed by atoms with Gasteiger partial charge in [-0.1, -0.05) is 18.1 Å². The van der Waals surface area contributed by atoms with Gasteiger partial charge in [0.2, 0.25) is 0 Å². The molecule has 112 valence electrons.